The van der Waals surface area contributed by atoms with Crippen molar-refractivity contribution in [1.29, 1.82) is 0 Å². The monoisotopic (exact) mass is 215 g/mol. The molecule has 0 fully saturated rings. The van der Waals surface area contributed by atoms with Gasteiger partial charge in [0.15, 0.2) is 0 Å². The summed E-state index contributed by atoms with van der Waals surface area (Å²) >= 11 is 3.92. The van der Waals surface area contributed by atoms with Crippen LogP contribution in [0.3, 0.4) is 0 Å². The highest BCUT2D eigenvalue weighted by molar-refractivity contribution is 7.80. The average Bonchev–Trinajstić information content (AvgIpc) is 2.67. The molecule has 1 aromatic heterocycles. The Morgan fingerprint density at radius 1 is 1.71 bits per heavy atom. The molecule has 78 valence electrons. The third kappa shape index (κ3) is 3.43. The largest absolute Gasteiger partial charge is 0.467 e. The van der Waals surface area contributed by atoms with Crippen LogP contribution >= 0.6 is 12.6 Å². The molecule has 0 radical (unpaired) electrons. The number of carbonyl (C=O) groups excluding carboxylic acids is 1. The number of amides is 1. The molecular weight excluding hydrogens is 202 g/mol. The average molecular weight is 215 g/mol. The number of nitrogens with one attached hydrogen (secondary N) is 1. The van der Waals surface area contributed by atoms with E-state index in [0.717, 1.165) is 0 Å². The quantitative estimate of drug-likeness (QED) is 0.629. The van der Waals surface area contributed by atoms with Crippen molar-refractivity contribution in [3.05, 3.63) is 24.2 Å². The highest BCUT2D eigenvalue weighted by atomic mass is 32.1. The van der Waals surface area contributed by atoms with Crippen molar-refractivity contribution >= 4 is 18.5 Å². The van der Waals surface area contributed by atoms with E-state index < -0.39 is 12.0 Å². The maximum absolute atomic E-state index is 11.2. The molecule has 0 aliphatic carbocycles. The van der Waals surface area contributed by atoms with Gasteiger partial charge in [0.2, 0.25) is 5.91 Å². The number of aliphatic hydroxyl groups is 1. The van der Waals surface area contributed by atoms with E-state index >= 15 is 0 Å². The van der Waals surface area contributed by atoms with Crippen LogP contribution in [-0.2, 0) is 11.3 Å². The van der Waals surface area contributed by atoms with Gasteiger partial charge in [0.05, 0.1) is 12.8 Å². The molecule has 14 heavy (non-hydrogen) atoms. The summed E-state index contributed by atoms with van der Waals surface area (Å²) in [4.78, 5) is 11.2. The number of hydrogen-bond acceptors (Lipinski definition) is 4. The lowest BCUT2D eigenvalue weighted by Crippen LogP contribution is -2.34. The van der Waals surface area contributed by atoms with Crippen LogP contribution in [0.5, 0.6) is 0 Å². The Hall–Kier alpha value is -0.940. The number of furan rings is 1. The van der Waals surface area contributed by atoms with Gasteiger partial charge in [0, 0.05) is 0 Å². The molecule has 0 saturated heterocycles. The normalized spacial score (nSPS) is 12.4. The van der Waals surface area contributed by atoms with Crippen LogP contribution in [0.1, 0.15) is 12.2 Å². The van der Waals surface area contributed by atoms with E-state index in [0.29, 0.717) is 24.5 Å². The van der Waals surface area contributed by atoms with Gasteiger partial charge in [-0.05, 0) is 24.3 Å². The second-order valence-corrected chi connectivity index (χ2v) is 3.27. The van der Waals surface area contributed by atoms with Gasteiger partial charge in [0.25, 0.3) is 0 Å². The zero-order valence-electron chi connectivity index (χ0n) is 7.64. The van der Waals surface area contributed by atoms with E-state index in [1.807, 2.05) is 0 Å². The minimum atomic E-state index is -0.984. The summed E-state index contributed by atoms with van der Waals surface area (Å²) in [6.07, 6.45) is 0.904. The third-order valence-electron chi connectivity index (χ3n) is 1.72. The first kappa shape index (κ1) is 11.1. The van der Waals surface area contributed by atoms with Gasteiger partial charge in [-0.15, -0.1) is 0 Å². The summed E-state index contributed by atoms with van der Waals surface area (Å²) in [6.45, 7) is 0.301. The van der Waals surface area contributed by atoms with Gasteiger partial charge in [-0.1, -0.05) is 0 Å². The van der Waals surface area contributed by atoms with Crippen molar-refractivity contribution in [2.75, 3.05) is 5.75 Å². The lowest BCUT2D eigenvalue weighted by molar-refractivity contribution is -0.129. The fourth-order valence-electron chi connectivity index (χ4n) is 0.959. The lowest BCUT2D eigenvalue weighted by atomic mass is 10.2. The lowest BCUT2D eigenvalue weighted by Gasteiger charge is -2.08. The first-order valence-electron chi connectivity index (χ1n) is 4.33. The third-order valence-corrected chi connectivity index (χ3v) is 1.98. The predicted octanol–water partition coefficient (Wildman–Crippen LogP) is 0.577. The molecule has 4 nitrogen and oxygen atoms in total. The molecule has 1 atom stereocenters. The van der Waals surface area contributed by atoms with Crippen LogP contribution in [0.25, 0.3) is 0 Å². The SMILES string of the molecule is O=C(NCc1ccco1)C(O)CCS. The minimum Gasteiger partial charge on any atom is -0.467 e. The molecular formula is C9H13NO3S. The van der Waals surface area contributed by atoms with E-state index in [9.17, 15) is 9.90 Å². The maximum Gasteiger partial charge on any atom is 0.249 e. The van der Waals surface area contributed by atoms with E-state index in [1.165, 1.54) is 6.26 Å². The first-order valence-corrected chi connectivity index (χ1v) is 4.96. The summed E-state index contributed by atoms with van der Waals surface area (Å²) in [5.41, 5.74) is 0. The van der Waals surface area contributed by atoms with E-state index in [-0.39, 0.29) is 0 Å². The molecule has 1 unspecified atom stereocenters. The molecule has 1 amide bonds. The first-order chi connectivity index (χ1) is 6.74. The molecule has 0 aromatic carbocycles. The Kier molecular flexibility index (Phi) is 4.55. The minimum absolute atomic E-state index is 0.301. The summed E-state index contributed by atoms with van der Waals surface area (Å²) in [5.74, 6) is 0.752. The fourth-order valence-corrected chi connectivity index (χ4v) is 1.20. The topological polar surface area (TPSA) is 62.5 Å². The number of carbonyl (C=O) groups is 1. The Morgan fingerprint density at radius 3 is 3.07 bits per heavy atom. The zero-order valence-corrected chi connectivity index (χ0v) is 8.54. The molecule has 0 aliphatic rings. The highest BCUT2D eigenvalue weighted by Crippen LogP contribution is 2.00. The Labute approximate surface area is 87.7 Å². The fraction of sp³-hybridized carbons (Fsp3) is 0.444. The Balaban J connectivity index is 2.27. The van der Waals surface area contributed by atoms with Gasteiger partial charge in [-0.3, -0.25) is 4.79 Å². The molecule has 0 bridgehead atoms. The van der Waals surface area contributed by atoms with Crippen LogP contribution in [0.4, 0.5) is 0 Å². The van der Waals surface area contributed by atoms with Gasteiger partial charge < -0.3 is 14.8 Å². The zero-order chi connectivity index (χ0) is 10.4. The summed E-state index contributed by atoms with van der Waals surface area (Å²) in [6, 6.07) is 3.50. The van der Waals surface area contributed by atoms with Crippen molar-refractivity contribution in [1.82, 2.24) is 5.32 Å². The Bertz CT molecular complexity index is 274. The molecule has 0 spiro atoms. The number of thiol groups is 1. The highest BCUT2D eigenvalue weighted by Gasteiger charge is 2.13. The van der Waals surface area contributed by atoms with Gasteiger partial charge in [-0.25, -0.2) is 0 Å². The van der Waals surface area contributed by atoms with E-state index in [2.05, 4.69) is 17.9 Å². The molecule has 1 heterocycles. The van der Waals surface area contributed by atoms with Crippen molar-refractivity contribution in [2.45, 2.75) is 19.1 Å². The smallest absolute Gasteiger partial charge is 0.249 e. The molecule has 5 heteroatoms. The van der Waals surface area contributed by atoms with Gasteiger partial charge in [0.1, 0.15) is 11.9 Å². The van der Waals surface area contributed by atoms with Crippen LogP contribution < -0.4 is 5.32 Å². The van der Waals surface area contributed by atoms with Crippen LogP contribution in [0.2, 0.25) is 0 Å². The van der Waals surface area contributed by atoms with Gasteiger partial charge >= 0.3 is 0 Å². The number of hydrogen-bond donors (Lipinski definition) is 3. The van der Waals surface area contributed by atoms with Crippen molar-refractivity contribution in [2.24, 2.45) is 0 Å². The summed E-state index contributed by atoms with van der Waals surface area (Å²) in [7, 11) is 0. The van der Waals surface area contributed by atoms with E-state index in [4.69, 9.17) is 4.42 Å². The summed E-state index contributed by atoms with van der Waals surface area (Å²) < 4.78 is 5.01. The van der Waals surface area contributed by atoms with Crippen LogP contribution in [-0.4, -0.2) is 22.9 Å². The van der Waals surface area contributed by atoms with Crippen molar-refractivity contribution in [3.8, 4) is 0 Å². The summed E-state index contributed by atoms with van der Waals surface area (Å²) in [5, 5.41) is 11.8. The molecule has 1 aromatic rings. The predicted molar refractivity (Wildman–Crippen MR) is 55.0 cm³/mol. The van der Waals surface area contributed by atoms with Crippen molar-refractivity contribution < 1.29 is 14.3 Å². The number of aliphatic hydroxyl groups excluding tert-OH is 1. The van der Waals surface area contributed by atoms with Crippen LogP contribution in [0.15, 0.2) is 22.8 Å². The van der Waals surface area contributed by atoms with E-state index in [1.54, 1.807) is 12.1 Å². The molecule has 0 aliphatic heterocycles. The number of rotatable bonds is 5. The molecule has 0 saturated carbocycles. The molecule has 2 N–H and O–H groups in total. The maximum atomic E-state index is 11.2. The van der Waals surface area contributed by atoms with Crippen LogP contribution in [0, 0.1) is 0 Å². The standard InChI is InChI=1S/C9H13NO3S/c11-8(3-5-14)9(12)10-6-7-2-1-4-13-7/h1-2,4,8,11,14H,3,5-6H2,(H,10,12). The second kappa shape index (κ2) is 5.72. The second-order valence-electron chi connectivity index (χ2n) is 2.83. The van der Waals surface area contributed by atoms with Gasteiger partial charge in [-0.2, -0.15) is 12.6 Å². The molecule has 1 rings (SSSR count). The van der Waals surface area contributed by atoms with Crippen molar-refractivity contribution in [3.63, 3.8) is 0 Å². The Morgan fingerprint density at radius 2 is 2.50 bits per heavy atom.